The van der Waals surface area contributed by atoms with Gasteiger partial charge in [-0.2, -0.15) is 0 Å². The van der Waals surface area contributed by atoms with Gasteiger partial charge in [0.15, 0.2) is 0 Å². The number of fused-ring (bicyclic) bond motifs is 1. The van der Waals surface area contributed by atoms with Gasteiger partial charge >= 0.3 is 5.97 Å². The largest absolute Gasteiger partial charge is 0.465 e. The van der Waals surface area contributed by atoms with Crippen molar-refractivity contribution in [2.24, 2.45) is 11.8 Å². The Morgan fingerprint density at radius 2 is 2.00 bits per heavy atom. The van der Waals surface area contributed by atoms with Crippen molar-refractivity contribution in [3.63, 3.8) is 0 Å². The van der Waals surface area contributed by atoms with E-state index in [9.17, 15) is 4.79 Å². The van der Waals surface area contributed by atoms with E-state index in [0.717, 1.165) is 24.8 Å². The molecule has 1 N–H and O–H groups in total. The van der Waals surface area contributed by atoms with Gasteiger partial charge in [0.05, 0.1) is 6.61 Å². The Kier molecular flexibility index (Phi) is 6.06. The summed E-state index contributed by atoms with van der Waals surface area (Å²) in [6.45, 7) is 7.68. The minimum absolute atomic E-state index is 0.125. The maximum absolute atomic E-state index is 12.1. The van der Waals surface area contributed by atoms with Gasteiger partial charge in [-0.25, -0.2) is 0 Å². The molecule has 3 atom stereocenters. The molecule has 21 heavy (non-hydrogen) atoms. The Labute approximate surface area is 129 Å². The van der Waals surface area contributed by atoms with Crippen LogP contribution in [0.1, 0.15) is 52.4 Å². The molecule has 0 spiro atoms. The van der Waals surface area contributed by atoms with Crippen LogP contribution in [0.3, 0.4) is 0 Å². The first kappa shape index (κ1) is 16.8. The molecule has 1 saturated carbocycles. The Bertz CT molecular complexity index is 348. The highest BCUT2D eigenvalue weighted by Crippen LogP contribution is 2.36. The Morgan fingerprint density at radius 3 is 2.67 bits per heavy atom. The molecule has 0 aromatic rings. The maximum atomic E-state index is 12.1. The number of hydrogen-bond acceptors (Lipinski definition) is 4. The molecule has 1 heterocycles. The van der Waals surface area contributed by atoms with Crippen LogP contribution in [0, 0.1) is 11.8 Å². The molecule has 0 aromatic heterocycles. The Morgan fingerprint density at radius 1 is 1.29 bits per heavy atom. The van der Waals surface area contributed by atoms with Gasteiger partial charge in [-0.15, -0.1) is 0 Å². The zero-order valence-corrected chi connectivity index (χ0v) is 14.0. The zero-order chi connectivity index (χ0) is 15.3. The van der Waals surface area contributed by atoms with Crippen molar-refractivity contribution in [1.82, 2.24) is 10.2 Å². The molecule has 1 aliphatic carbocycles. The summed E-state index contributed by atoms with van der Waals surface area (Å²) >= 11 is 0. The van der Waals surface area contributed by atoms with Crippen molar-refractivity contribution in [2.75, 3.05) is 33.3 Å². The fraction of sp³-hybridized carbons (Fsp3) is 0.941. The van der Waals surface area contributed by atoms with Crippen molar-refractivity contribution in [3.05, 3.63) is 0 Å². The van der Waals surface area contributed by atoms with E-state index in [4.69, 9.17) is 4.74 Å². The van der Waals surface area contributed by atoms with E-state index in [1.807, 2.05) is 20.9 Å². The number of carbonyl (C=O) groups is 1. The lowest BCUT2D eigenvalue weighted by Gasteiger charge is -2.42. The van der Waals surface area contributed by atoms with Crippen LogP contribution in [0.2, 0.25) is 0 Å². The molecule has 0 aromatic carbocycles. The highest BCUT2D eigenvalue weighted by atomic mass is 16.5. The second-order valence-electron chi connectivity index (χ2n) is 6.95. The van der Waals surface area contributed by atoms with E-state index in [1.54, 1.807) is 0 Å². The molecule has 2 fully saturated rings. The van der Waals surface area contributed by atoms with Crippen LogP contribution in [-0.4, -0.2) is 49.7 Å². The van der Waals surface area contributed by atoms with Crippen molar-refractivity contribution >= 4 is 5.97 Å². The topological polar surface area (TPSA) is 41.6 Å². The number of ether oxygens (including phenoxy) is 1. The summed E-state index contributed by atoms with van der Waals surface area (Å²) in [5, 5.41) is 3.16. The number of rotatable bonds is 6. The Balaban J connectivity index is 1.82. The number of esters is 1. The molecule has 2 rings (SSSR count). The summed E-state index contributed by atoms with van der Waals surface area (Å²) in [6, 6.07) is 0. The van der Waals surface area contributed by atoms with E-state index in [2.05, 4.69) is 10.2 Å². The van der Waals surface area contributed by atoms with Gasteiger partial charge in [-0.1, -0.05) is 19.3 Å². The summed E-state index contributed by atoms with van der Waals surface area (Å²) in [7, 11) is 1.85. The summed E-state index contributed by atoms with van der Waals surface area (Å²) in [5.41, 5.74) is -0.556. The minimum atomic E-state index is -0.556. The fourth-order valence-electron chi connectivity index (χ4n) is 3.88. The van der Waals surface area contributed by atoms with Crippen LogP contribution in [0.5, 0.6) is 0 Å². The highest BCUT2D eigenvalue weighted by Gasteiger charge is 2.35. The average Bonchev–Trinajstić information content (AvgIpc) is 2.52. The van der Waals surface area contributed by atoms with Crippen LogP contribution in [0.25, 0.3) is 0 Å². The van der Waals surface area contributed by atoms with Crippen molar-refractivity contribution < 1.29 is 9.53 Å². The minimum Gasteiger partial charge on any atom is -0.465 e. The lowest BCUT2D eigenvalue weighted by Crippen LogP contribution is -2.52. The van der Waals surface area contributed by atoms with Gasteiger partial charge < -0.3 is 15.0 Å². The molecule has 1 saturated heterocycles. The fourth-order valence-corrected chi connectivity index (χ4v) is 3.88. The first-order valence-electron chi connectivity index (χ1n) is 8.67. The average molecular weight is 296 g/mol. The van der Waals surface area contributed by atoms with Gasteiger partial charge in [0.25, 0.3) is 0 Å². The third-order valence-electron chi connectivity index (χ3n) is 5.58. The third-order valence-corrected chi connectivity index (χ3v) is 5.58. The number of nitrogens with zero attached hydrogens (tertiary/aromatic N) is 1. The second-order valence-corrected chi connectivity index (χ2v) is 6.95. The number of carbonyl (C=O) groups excluding carboxylic acids is 1. The van der Waals surface area contributed by atoms with Gasteiger partial charge in [-0.05, 0) is 58.5 Å². The lowest BCUT2D eigenvalue weighted by atomic mass is 9.75. The molecule has 0 radical (unpaired) electrons. The molecule has 2 aliphatic rings. The number of likely N-dealkylation sites (tertiary alicyclic amines) is 1. The first-order chi connectivity index (χ1) is 10.1. The van der Waals surface area contributed by atoms with Crippen LogP contribution < -0.4 is 5.32 Å². The van der Waals surface area contributed by atoms with Crippen LogP contribution in [0.15, 0.2) is 0 Å². The molecule has 4 heteroatoms. The van der Waals surface area contributed by atoms with E-state index in [1.165, 1.54) is 45.2 Å². The van der Waals surface area contributed by atoms with Gasteiger partial charge in [0.1, 0.15) is 5.54 Å². The predicted molar refractivity (Wildman–Crippen MR) is 85.2 cm³/mol. The van der Waals surface area contributed by atoms with E-state index < -0.39 is 5.54 Å². The third kappa shape index (κ3) is 4.19. The molecular formula is C17H32N2O2. The van der Waals surface area contributed by atoms with E-state index >= 15 is 0 Å². The molecule has 1 aliphatic heterocycles. The van der Waals surface area contributed by atoms with Crippen molar-refractivity contribution in [2.45, 2.75) is 57.9 Å². The van der Waals surface area contributed by atoms with Crippen LogP contribution in [-0.2, 0) is 9.53 Å². The van der Waals surface area contributed by atoms with Gasteiger partial charge in [0, 0.05) is 13.1 Å². The van der Waals surface area contributed by atoms with Gasteiger partial charge in [0.2, 0.25) is 0 Å². The summed E-state index contributed by atoms with van der Waals surface area (Å²) < 4.78 is 5.20. The number of likely N-dealkylation sites (N-methyl/N-ethyl adjacent to an activating group) is 1. The summed E-state index contributed by atoms with van der Waals surface area (Å²) in [6.07, 6.45) is 7.85. The standard InChI is InChI=1S/C17H32N2O2/c1-4-21-16(20)17(2,18-3)10-12-19-11-9-14-7-5-6-8-15(14)13-19/h14-15,18H,4-13H2,1-3H3. The normalized spacial score (nSPS) is 29.5. The number of nitrogens with one attached hydrogen (secondary N) is 1. The number of piperidine rings is 1. The highest BCUT2D eigenvalue weighted by molar-refractivity contribution is 5.80. The van der Waals surface area contributed by atoms with Crippen molar-refractivity contribution in [3.8, 4) is 0 Å². The molecule has 0 bridgehead atoms. The van der Waals surface area contributed by atoms with E-state index in [0.29, 0.717) is 6.61 Å². The second kappa shape index (κ2) is 7.59. The van der Waals surface area contributed by atoms with Gasteiger partial charge in [-0.3, -0.25) is 4.79 Å². The molecule has 3 unspecified atom stereocenters. The molecule has 0 amide bonds. The lowest BCUT2D eigenvalue weighted by molar-refractivity contribution is -0.150. The quantitative estimate of drug-likeness (QED) is 0.764. The monoisotopic (exact) mass is 296 g/mol. The summed E-state index contributed by atoms with van der Waals surface area (Å²) in [4.78, 5) is 14.7. The predicted octanol–water partition coefficient (Wildman–Crippen LogP) is 2.43. The van der Waals surface area contributed by atoms with Crippen molar-refractivity contribution in [1.29, 1.82) is 0 Å². The molecule has 4 nitrogen and oxygen atoms in total. The smallest absolute Gasteiger partial charge is 0.326 e. The summed E-state index contributed by atoms with van der Waals surface area (Å²) in [5.74, 6) is 1.74. The Hall–Kier alpha value is -0.610. The first-order valence-corrected chi connectivity index (χ1v) is 8.67. The number of hydrogen-bond donors (Lipinski definition) is 1. The van der Waals surface area contributed by atoms with Crippen LogP contribution in [0.4, 0.5) is 0 Å². The molecular weight excluding hydrogens is 264 g/mol. The SMILES string of the molecule is CCOC(=O)C(C)(CCN1CCC2CCCCC2C1)NC. The molecule has 122 valence electrons. The van der Waals surface area contributed by atoms with Crippen LogP contribution >= 0.6 is 0 Å². The maximum Gasteiger partial charge on any atom is 0.326 e. The zero-order valence-electron chi connectivity index (χ0n) is 14.0. The van der Waals surface area contributed by atoms with E-state index in [-0.39, 0.29) is 5.97 Å².